The third kappa shape index (κ3) is 15.4. The molecule has 2 aliphatic heterocycles. The summed E-state index contributed by atoms with van der Waals surface area (Å²) in [6.07, 6.45) is 11.7. The van der Waals surface area contributed by atoms with Gasteiger partial charge in [0.25, 0.3) is 11.8 Å². The van der Waals surface area contributed by atoms with Crippen LogP contribution in [-0.4, -0.2) is 128 Å². The van der Waals surface area contributed by atoms with E-state index >= 15 is 0 Å². The van der Waals surface area contributed by atoms with Crippen molar-refractivity contribution in [2.24, 2.45) is 23.7 Å². The van der Waals surface area contributed by atoms with Gasteiger partial charge >= 0.3 is 12.1 Å². The largest absolute Gasteiger partial charge is 0.464 e. The van der Waals surface area contributed by atoms with Crippen LogP contribution in [0.3, 0.4) is 0 Å². The summed E-state index contributed by atoms with van der Waals surface area (Å²) in [5.41, 5.74) is 4.08. The lowest BCUT2D eigenvalue weighted by Crippen LogP contribution is -2.43. The molecule has 0 bridgehead atoms. The summed E-state index contributed by atoms with van der Waals surface area (Å²) in [4.78, 5) is 110. The van der Waals surface area contributed by atoms with Gasteiger partial charge in [0.2, 0.25) is 23.6 Å². The first kappa shape index (κ1) is 57.1. The summed E-state index contributed by atoms with van der Waals surface area (Å²) in [6.45, 7) is 0.846. The molecule has 7 amide bonds. The van der Waals surface area contributed by atoms with Crippen LogP contribution < -0.4 is 26.6 Å². The van der Waals surface area contributed by atoms with Crippen molar-refractivity contribution in [2.45, 2.75) is 119 Å². The first-order valence-corrected chi connectivity index (χ1v) is 29.0. The van der Waals surface area contributed by atoms with E-state index in [0.29, 0.717) is 24.3 Å². The second-order valence-corrected chi connectivity index (χ2v) is 22.4. The zero-order chi connectivity index (χ0) is 56.0. The second-order valence-electron chi connectivity index (χ2n) is 22.4. The number of hydrogen-bond donors (Lipinski definition) is 5. The number of amides is 7. The van der Waals surface area contributed by atoms with E-state index in [1.54, 1.807) is 34.1 Å². The van der Waals surface area contributed by atoms with Crippen LogP contribution in [0.5, 0.6) is 0 Å². The number of nitrogens with zero attached hydrogens (tertiary/aromatic N) is 2. The van der Waals surface area contributed by atoms with Crippen LogP contribution >= 0.6 is 0 Å². The van der Waals surface area contributed by atoms with Gasteiger partial charge in [-0.2, -0.15) is 0 Å². The highest BCUT2D eigenvalue weighted by Gasteiger charge is 2.50. The number of hydrogen-bond acceptors (Lipinski definition) is 10. The van der Waals surface area contributed by atoms with Gasteiger partial charge in [0.15, 0.2) is 0 Å². The number of rotatable bonds is 27. The number of benzene rings is 4. The van der Waals surface area contributed by atoms with Crippen LogP contribution in [0.15, 0.2) is 115 Å². The van der Waals surface area contributed by atoms with E-state index in [4.69, 9.17) is 4.74 Å². The maximum Gasteiger partial charge on any atom is 0.407 e. The third-order valence-corrected chi connectivity index (χ3v) is 16.7. The molecule has 5 aliphatic rings. The molecule has 2 saturated heterocycles. The summed E-state index contributed by atoms with van der Waals surface area (Å²) in [6, 6.07) is 36.3. The lowest BCUT2D eigenvalue weighted by molar-refractivity contribution is -0.142. The Hall–Kier alpha value is -7.56. The van der Waals surface area contributed by atoms with E-state index in [9.17, 15) is 38.4 Å². The van der Waals surface area contributed by atoms with Crippen molar-refractivity contribution in [2.75, 3.05) is 53.0 Å². The van der Waals surface area contributed by atoms with E-state index in [2.05, 4.69) is 67.7 Å². The number of unbranched alkanes of at least 4 members (excludes halogenated alkanes) is 9. The van der Waals surface area contributed by atoms with Gasteiger partial charge < -0.3 is 45.9 Å². The molecule has 424 valence electrons. The summed E-state index contributed by atoms with van der Waals surface area (Å²) in [7, 11) is 1.23. The third-order valence-electron chi connectivity index (χ3n) is 16.7. The van der Waals surface area contributed by atoms with E-state index in [1.807, 2.05) is 54.6 Å². The number of carbonyl (C=O) groups is 8. The molecule has 0 radical (unpaired) electrons. The zero-order valence-electron chi connectivity index (χ0n) is 45.9. The van der Waals surface area contributed by atoms with Gasteiger partial charge in [0.1, 0.15) is 6.54 Å². The monoisotopic (exact) mass is 1090 g/mol. The average molecular weight is 1090 g/mol. The van der Waals surface area contributed by atoms with Crippen molar-refractivity contribution < 1.29 is 47.8 Å². The molecule has 17 heteroatoms. The quantitative estimate of drug-likeness (QED) is 0.0304. The number of nitrogens with one attached hydrogen (secondary N) is 5. The van der Waals surface area contributed by atoms with Crippen LogP contribution in [0.2, 0.25) is 0 Å². The standard InChI is InChI=1S/C63H77N7O10/c1-79-63(78)65-36-56(71)80-32-20-9-7-5-3-2-4-6-8-19-31-64-57(72)49-37-69(38-50(49)58(73)66-53-33-46(53)41-21-13-10-14-22-41)61(76)44-27-29-45(30-28-44)62(77)70-39-51(59(74)67-54-34-47(54)42-23-15-11-16-24-42)52(40-70)60(75)68-55-35-48(55)43-25-17-12-18-26-43/h10-18,21-30,46-55H,2-9,19-20,31-40H2,1H3,(H,64,72)(H,65,78)(H,66,73)(H,67,74)(H,68,75)/t46-,47-,48-,49-,50-,51-,52-,53+,54+,55+/m1/s1. The average Bonchev–Trinajstić information content (AvgIpc) is 4.48. The van der Waals surface area contributed by atoms with E-state index in [1.165, 1.54) is 7.11 Å². The summed E-state index contributed by atoms with van der Waals surface area (Å²) in [5, 5.41) is 14.9. The number of esters is 1. The summed E-state index contributed by atoms with van der Waals surface area (Å²) < 4.78 is 9.56. The Labute approximate surface area is 469 Å². The highest BCUT2D eigenvalue weighted by molar-refractivity contribution is 6.00. The molecule has 2 heterocycles. The SMILES string of the molecule is COC(=O)NCC(=O)OCCCCCCCCCCCCNC(=O)[C@@H]1CN(C(=O)c2ccc(C(=O)N3C[C@@H](C(=O)N[C@H]4C[C@@H]4c4ccccc4)[C@H](C(=O)N[C@H]4C[C@@H]4c4ccccc4)C3)cc2)C[C@H]1C(=O)N[C@H]1C[C@@H]1c1ccccc1. The minimum absolute atomic E-state index is 0.0450. The van der Waals surface area contributed by atoms with Gasteiger partial charge in [0, 0.05) is 79.7 Å². The smallest absolute Gasteiger partial charge is 0.407 e. The van der Waals surface area contributed by atoms with Crippen molar-refractivity contribution >= 4 is 47.5 Å². The molecule has 5 N–H and O–H groups in total. The number of methoxy groups -OCH3 is 1. The van der Waals surface area contributed by atoms with Crippen molar-refractivity contribution in [3.8, 4) is 0 Å². The molecule has 10 atom stereocenters. The number of ether oxygens (including phenoxy) is 2. The summed E-state index contributed by atoms with van der Waals surface area (Å²) >= 11 is 0. The van der Waals surface area contributed by atoms with Crippen molar-refractivity contribution in [3.63, 3.8) is 0 Å². The zero-order valence-corrected chi connectivity index (χ0v) is 45.9. The molecular formula is C63H77N7O10. The van der Waals surface area contributed by atoms with E-state index in [-0.39, 0.29) is 104 Å². The molecule has 80 heavy (non-hydrogen) atoms. The molecule has 17 nitrogen and oxygen atoms in total. The second kappa shape index (κ2) is 27.5. The van der Waals surface area contributed by atoms with Crippen molar-refractivity contribution in [3.05, 3.63) is 143 Å². The van der Waals surface area contributed by atoms with Gasteiger partial charge in [0.05, 0.1) is 37.4 Å². The predicted molar refractivity (Wildman–Crippen MR) is 300 cm³/mol. The Morgan fingerprint density at radius 1 is 0.438 bits per heavy atom. The number of alkyl carbamates (subject to hydrolysis) is 1. The van der Waals surface area contributed by atoms with Crippen molar-refractivity contribution in [1.29, 1.82) is 0 Å². The highest BCUT2D eigenvalue weighted by atomic mass is 16.5. The fourth-order valence-electron chi connectivity index (χ4n) is 11.7. The molecule has 3 saturated carbocycles. The van der Waals surface area contributed by atoms with Crippen molar-refractivity contribution in [1.82, 2.24) is 36.4 Å². The Kier molecular flexibility index (Phi) is 19.7. The minimum atomic E-state index is -0.749. The Morgan fingerprint density at radius 3 is 1.16 bits per heavy atom. The van der Waals surface area contributed by atoms with Gasteiger partial charge in [-0.1, -0.05) is 142 Å². The summed E-state index contributed by atoms with van der Waals surface area (Å²) in [5.74, 6) is -4.57. The van der Waals surface area contributed by atoms with Gasteiger partial charge in [-0.05, 0) is 73.1 Å². The molecule has 5 fully saturated rings. The van der Waals surface area contributed by atoms with Crippen LogP contribution in [0.1, 0.15) is 139 Å². The number of carbonyl (C=O) groups excluding carboxylic acids is 8. The lowest BCUT2D eigenvalue weighted by atomic mass is 9.94. The highest BCUT2D eigenvalue weighted by Crippen LogP contribution is 2.44. The Bertz CT molecular complexity index is 2710. The normalized spacial score (nSPS) is 24.2. The van der Waals surface area contributed by atoms with Crippen LogP contribution in [-0.2, 0) is 33.4 Å². The van der Waals surface area contributed by atoms with Gasteiger partial charge in [-0.3, -0.25) is 33.6 Å². The van der Waals surface area contributed by atoms with Crippen LogP contribution in [0, 0.1) is 23.7 Å². The molecule has 4 aromatic carbocycles. The first-order valence-electron chi connectivity index (χ1n) is 29.0. The van der Waals surface area contributed by atoms with Crippen LogP contribution in [0.25, 0.3) is 0 Å². The van der Waals surface area contributed by atoms with E-state index < -0.39 is 35.7 Å². The molecule has 0 unspecified atom stereocenters. The van der Waals surface area contributed by atoms with Crippen LogP contribution in [0.4, 0.5) is 4.79 Å². The predicted octanol–water partition coefficient (Wildman–Crippen LogP) is 7.00. The molecular weight excluding hydrogens is 1010 g/mol. The Balaban J connectivity index is 0.754. The van der Waals surface area contributed by atoms with E-state index in [0.717, 1.165) is 100 Å². The maximum absolute atomic E-state index is 14.2. The minimum Gasteiger partial charge on any atom is -0.464 e. The topological polar surface area (TPSA) is 222 Å². The maximum atomic E-state index is 14.2. The fourth-order valence-corrected chi connectivity index (χ4v) is 11.7. The molecule has 0 aromatic heterocycles. The number of likely N-dealkylation sites (tertiary alicyclic amines) is 2. The Morgan fingerprint density at radius 2 is 0.787 bits per heavy atom. The molecule has 9 rings (SSSR count). The van der Waals surface area contributed by atoms with Gasteiger partial charge in [-0.15, -0.1) is 0 Å². The fraction of sp³-hybridized carbons (Fsp3) is 0.492. The molecule has 0 spiro atoms. The molecule has 4 aromatic rings. The van der Waals surface area contributed by atoms with Gasteiger partial charge in [-0.25, -0.2) is 4.79 Å². The first-order chi connectivity index (χ1) is 38.9. The lowest BCUT2D eigenvalue weighted by Gasteiger charge is -2.18. The molecule has 3 aliphatic carbocycles.